The molecule has 6 heteroatoms. The van der Waals surface area contributed by atoms with Crippen LogP contribution >= 0.6 is 0 Å². The topological polar surface area (TPSA) is 76.1 Å². The highest BCUT2D eigenvalue weighted by Crippen LogP contribution is 2.51. The SMILES string of the molecule is COCCN1C[C@@]23C=C[C@@H](O2)C(C(=O)O)C3C1=O. The Labute approximate surface area is 104 Å². The van der Waals surface area contributed by atoms with E-state index in [1.807, 2.05) is 6.08 Å². The third-order valence-corrected chi connectivity index (χ3v) is 4.03. The Morgan fingerprint density at radius 3 is 3.17 bits per heavy atom. The number of carbonyl (C=O) groups is 2. The number of fused-ring (bicyclic) bond motifs is 1. The lowest BCUT2D eigenvalue weighted by molar-refractivity contribution is -0.148. The van der Waals surface area contributed by atoms with Gasteiger partial charge in [-0.1, -0.05) is 12.2 Å². The summed E-state index contributed by atoms with van der Waals surface area (Å²) in [7, 11) is 1.57. The average Bonchev–Trinajstić information content (AvgIpc) is 2.95. The van der Waals surface area contributed by atoms with Gasteiger partial charge in [-0.15, -0.1) is 0 Å². The number of hydrogen-bond acceptors (Lipinski definition) is 4. The molecule has 18 heavy (non-hydrogen) atoms. The van der Waals surface area contributed by atoms with E-state index in [4.69, 9.17) is 9.47 Å². The molecule has 0 radical (unpaired) electrons. The van der Waals surface area contributed by atoms with Crippen LogP contribution in [0.3, 0.4) is 0 Å². The predicted molar refractivity (Wildman–Crippen MR) is 59.8 cm³/mol. The van der Waals surface area contributed by atoms with Gasteiger partial charge in [-0.3, -0.25) is 9.59 Å². The molecule has 98 valence electrons. The number of amides is 1. The second-order valence-corrected chi connectivity index (χ2v) is 4.99. The number of methoxy groups -OCH3 is 1. The van der Waals surface area contributed by atoms with Gasteiger partial charge in [-0.05, 0) is 0 Å². The number of carboxylic acid groups (broad SMARTS) is 1. The number of likely N-dealkylation sites (tertiary alicyclic amines) is 1. The lowest BCUT2D eigenvalue weighted by Gasteiger charge is -2.21. The average molecular weight is 253 g/mol. The van der Waals surface area contributed by atoms with Crippen LogP contribution in [0.15, 0.2) is 12.2 Å². The Kier molecular flexibility index (Phi) is 2.46. The number of aliphatic carboxylic acids is 1. The lowest BCUT2D eigenvalue weighted by atomic mass is 9.77. The van der Waals surface area contributed by atoms with Crippen molar-refractivity contribution in [1.29, 1.82) is 0 Å². The van der Waals surface area contributed by atoms with Crippen molar-refractivity contribution in [2.24, 2.45) is 11.8 Å². The number of rotatable bonds is 4. The second kappa shape index (κ2) is 3.80. The standard InChI is InChI=1S/C12H15NO5/c1-17-5-4-13-6-12-3-2-7(18-12)8(11(15)16)9(12)10(13)14/h2-3,7-9H,4-6H2,1H3,(H,15,16)/t7-,8?,9?,12-/m1/s1. The fourth-order valence-corrected chi connectivity index (χ4v) is 3.25. The van der Waals surface area contributed by atoms with Gasteiger partial charge in [0.05, 0.1) is 25.2 Å². The summed E-state index contributed by atoms with van der Waals surface area (Å²) in [6, 6.07) is 0. The minimum absolute atomic E-state index is 0.133. The summed E-state index contributed by atoms with van der Waals surface area (Å²) < 4.78 is 10.7. The third kappa shape index (κ3) is 1.36. The predicted octanol–water partition coefficient (Wildman–Crippen LogP) is -0.501. The van der Waals surface area contributed by atoms with Crippen LogP contribution < -0.4 is 0 Å². The largest absolute Gasteiger partial charge is 0.481 e. The van der Waals surface area contributed by atoms with Crippen molar-refractivity contribution in [3.8, 4) is 0 Å². The summed E-state index contributed by atoms with van der Waals surface area (Å²) in [5, 5.41) is 9.25. The minimum Gasteiger partial charge on any atom is -0.481 e. The molecule has 1 N–H and O–H groups in total. The highest BCUT2D eigenvalue weighted by Gasteiger charge is 2.66. The van der Waals surface area contributed by atoms with Gasteiger partial charge >= 0.3 is 5.97 Å². The van der Waals surface area contributed by atoms with Crippen LogP contribution in [-0.2, 0) is 19.1 Å². The summed E-state index contributed by atoms with van der Waals surface area (Å²) in [5.74, 6) is -2.43. The first kappa shape index (κ1) is 11.7. The van der Waals surface area contributed by atoms with Crippen LogP contribution in [0.2, 0.25) is 0 Å². The number of nitrogens with zero attached hydrogens (tertiary/aromatic N) is 1. The number of carboxylic acids is 1. The van der Waals surface area contributed by atoms with Crippen molar-refractivity contribution in [1.82, 2.24) is 4.90 Å². The zero-order valence-corrected chi connectivity index (χ0v) is 10.0. The van der Waals surface area contributed by atoms with Crippen molar-refractivity contribution in [3.63, 3.8) is 0 Å². The maximum Gasteiger partial charge on any atom is 0.310 e. The van der Waals surface area contributed by atoms with Crippen molar-refractivity contribution in [2.45, 2.75) is 11.7 Å². The van der Waals surface area contributed by atoms with Gasteiger partial charge in [-0.25, -0.2) is 0 Å². The molecule has 0 aliphatic carbocycles. The number of ether oxygens (including phenoxy) is 2. The van der Waals surface area contributed by atoms with Gasteiger partial charge in [0.1, 0.15) is 11.5 Å². The normalized spacial score (nSPS) is 40.6. The summed E-state index contributed by atoms with van der Waals surface area (Å²) in [4.78, 5) is 25.2. The summed E-state index contributed by atoms with van der Waals surface area (Å²) in [5.41, 5.74) is -0.724. The molecule has 3 rings (SSSR count). The van der Waals surface area contributed by atoms with Crippen molar-refractivity contribution in [2.75, 3.05) is 26.8 Å². The van der Waals surface area contributed by atoms with Gasteiger partial charge in [0, 0.05) is 13.7 Å². The summed E-state index contributed by atoms with van der Waals surface area (Å²) in [6.45, 7) is 1.35. The summed E-state index contributed by atoms with van der Waals surface area (Å²) >= 11 is 0. The first-order chi connectivity index (χ1) is 8.59. The molecule has 0 aromatic rings. The van der Waals surface area contributed by atoms with Gasteiger partial charge in [0.15, 0.2) is 0 Å². The smallest absolute Gasteiger partial charge is 0.310 e. The molecule has 4 atom stereocenters. The molecule has 0 aromatic carbocycles. The van der Waals surface area contributed by atoms with E-state index in [0.717, 1.165) is 0 Å². The highest BCUT2D eigenvalue weighted by atomic mass is 16.5. The van der Waals surface area contributed by atoms with Crippen LogP contribution in [0, 0.1) is 11.8 Å². The van der Waals surface area contributed by atoms with Crippen LogP contribution in [0.1, 0.15) is 0 Å². The van der Waals surface area contributed by atoms with Gasteiger partial charge in [0.25, 0.3) is 0 Å². The van der Waals surface area contributed by atoms with Crippen LogP contribution in [0.25, 0.3) is 0 Å². The Morgan fingerprint density at radius 1 is 1.72 bits per heavy atom. The van der Waals surface area contributed by atoms with Crippen molar-refractivity contribution in [3.05, 3.63) is 12.2 Å². The molecule has 0 aromatic heterocycles. The Balaban J connectivity index is 1.87. The maximum absolute atomic E-state index is 12.3. The zero-order chi connectivity index (χ0) is 12.9. The lowest BCUT2D eigenvalue weighted by Crippen LogP contribution is -2.39. The van der Waals surface area contributed by atoms with Crippen LogP contribution in [0.4, 0.5) is 0 Å². The molecule has 0 saturated carbocycles. The molecule has 1 amide bonds. The second-order valence-electron chi connectivity index (χ2n) is 4.99. The minimum atomic E-state index is -0.960. The van der Waals surface area contributed by atoms with E-state index in [-0.39, 0.29) is 5.91 Å². The quantitative estimate of drug-likeness (QED) is 0.683. The third-order valence-electron chi connectivity index (χ3n) is 4.03. The van der Waals surface area contributed by atoms with E-state index >= 15 is 0 Å². The molecular formula is C12H15NO5. The van der Waals surface area contributed by atoms with E-state index in [9.17, 15) is 14.7 Å². The molecule has 3 aliphatic rings. The van der Waals surface area contributed by atoms with Gasteiger partial charge < -0.3 is 19.5 Å². The first-order valence-corrected chi connectivity index (χ1v) is 5.97. The van der Waals surface area contributed by atoms with E-state index in [0.29, 0.717) is 19.7 Å². The zero-order valence-electron chi connectivity index (χ0n) is 10.0. The Morgan fingerprint density at radius 2 is 2.50 bits per heavy atom. The maximum atomic E-state index is 12.3. The Bertz CT molecular complexity index is 434. The molecule has 2 saturated heterocycles. The van der Waals surface area contributed by atoms with Crippen LogP contribution in [-0.4, -0.2) is 60.4 Å². The van der Waals surface area contributed by atoms with E-state index in [1.54, 1.807) is 18.1 Å². The molecule has 2 fully saturated rings. The first-order valence-electron chi connectivity index (χ1n) is 5.97. The molecule has 6 nitrogen and oxygen atoms in total. The summed E-state index contributed by atoms with van der Waals surface area (Å²) in [6.07, 6.45) is 3.16. The van der Waals surface area contributed by atoms with Gasteiger partial charge in [0.2, 0.25) is 5.91 Å². The van der Waals surface area contributed by atoms with E-state index in [1.165, 1.54) is 0 Å². The van der Waals surface area contributed by atoms with Gasteiger partial charge in [-0.2, -0.15) is 0 Å². The molecule has 3 heterocycles. The molecule has 1 spiro atoms. The molecule has 3 aliphatic heterocycles. The van der Waals surface area contributed by atoms with Crippen molar-refractivity contribution < 1.29 is 24.2 Å². The van der Waals surface area contributed by atoms with Crippen LogP contribution in [0.5, 0.6) is 0 Å². The molecule has 2 unspecified atom stereocenters. The number of hydrogen-bond donors (Lipinski definition) is 1. The van der Waals surface area contributed by atoms with Crippen molar-refractivity contribution >= 4 is 11.9 Å². The van der Waals surface area contributed by atoms with E-state index < -0.39 is 29.5 Å². The van der Waals surface area contributed by atoms with E-state index in [2.05, 4.69) is 0 Å². The molecular weight excluding hydrogens is 238 g/mol. The fourth-order valence-electron chi connectivity index (χ4n) is 3.25. The Hall–Kier alpha value is -1.40. The number of carbonyl (C=O) groups excluding carboxylic acids is 1. The monoisotopic (exact) mass is 253 g/mol. The highest BCUT2D eigenvalue weighted by molar-refractivity contribution is 5.90. The molecule has 2 bridgehead atoms. The fraction of sp³-hybridized carbons (Fsp3) is 0.667.